The van der Waals surface area contributed by atoms with Gasteiger partial charge >= 0.3 is 17.1 Å². The summed E-state index contributed by atoms with van der Waals surface area (Å²) in [7, 11) is 0. The molecule has 0 aromatic carbocycles. The maximum atomic E-state index is 10.6. The van der Waals surface area contributed by atoms with Crippen molar-refractivity contribution in [2.75, 3.05) is 19.6 Å². The van der Waals surface area contributed by atoms with Crippen molar-refractivity contribution < 1.29 is 21.9 Å². The van der Waals surface area contributed by atoms with Gasteiger partial charge in [-0.2, -0.15) is 0 Å². The third kappa shape index (κ3) is 5.97. The summed E-state index contributed by atoms with van der Waals surface area (Å²) in [4.78, 5) is 13.0. The summed E-state index contributed by atoms with van der Waals surface area (Å²) in [5.74, 6) is 2.03. The molecular weight excluding hydrogens is 278 g/mol. The van der Waals surface area contributed by atoms with Crippen molar-refractivity contribution in [1.29, 1.82) is 0 Å². The Bertz CT molecular complexity index is 229. The Balaban J connectivity index is 0.000000256. The monoisotopic (exact) mass is 297 g/mol. The zero-order valence-electron chi connectivity index (χ0n) is 10.9. The Labute approximate surface area is 129 Å². The van der Waals surface area contributed by atoms with E-state index in [1.54, 1.807) is 0 Å². The van der Waals surface area contributed by atoms with E-state index >= 15 is 0 Å². The predicted octanol–water partition coefficient (Wildman–Crippen LogP) is 2.08. The Morgan fingerprint density at radius 2 is 1.53 bits per heavy atom. The van der Waals surface area contributed by atoms with Crippen molar-refractivity contribution in [1.82, 2.24) is 4.90 Å². The predicted molar refractivity (Wildman–Crippen MR) is 72.6 cm³/mol. The largest absolute Gasteiger partial charge is 2.00 e. The van der Waals surface area contributed by atoms with E-state index in [9.17, 15) is 4.79 Å². The van der Waals surface area contributed by atoms with Gasteiger partial charge in [0.25, 0.3) is 0 Å². The number of aldehydes is 1. The SMILES string of the molecule is O=C[C]1[CH][CH][CH][C]1CN1CCCC1.[CH]1[CH][CH][CH][CH]1.[Fe+2]. The van der Waals surface area contributed by atoms with Crippen LogP contribution in [0.5, 0.6) is 0 Å². The number of nitrogens with zero attached hydrogens (tertiary/aromatic N) is 1. The number of hydrogen-bond donors (Lipinski definition) is 0. The molecule has 0 aromatic rings. The summed E-state index contributed by atoms with van der Waals surface area (Å²) >= 11 is 0. The first-order valence-electron chi connectivity index (χ1n) is 6.49. The molecule has 0 N–H and O–H groups in total. The van der Waals surface area contributed by atoms with E-state index in [1.165, 1.54) is 31.8 Å². The second kappa shape index (κ2) is 9.96. The molecule has 100 valence electrons. The average molecular weight is 297 g/mol. The smallest absolute Gasteiger partial charge is 0.303 e. The average Bonchev–Trinajstić information content (AvgIpc) is 3.15. The molecule has 2 aliphatic carbocycles. The molecule has 3 aliphatic rings. The van der Waals surface area contributed by atoms with Crippen LogP contribution in [0.1, 0.15) is 12.8 Å². The summed E-state index contributed by atoms with van der Waals surface area (Å²) in [5, 5.41) is 0. The first-order valence-corrected chi connectivity index (χ1v) is 6.49. The maximum absolute atomic E-state index is 10.6. The van der Waals surface area contributed by atoms with Crippen LogP contribution in [-0.4, -0.2) is 30.8 Å². The van der Waals surface area contributed by atoms with Gasteiger partial charge in [-0.1, -0.05) is 0 Å². The molecule has 1 heterocycles. The van der Waals surface area contributed by atoms with Gasteiger partial charge in [-0.15, -0.1) is 0 Å². The summed E-state index contributed by atoms with van der Waals surface area (Å²) in [6.07, 6.45) is 19.4. The van der Waals surface area contributed by atoms with Crippen LogP contribution in [0.4, 0.5) is 0 Å². The van der Waals surface area contributed by atoms with Crippen LogP contribution in [0.2, 0.25) is 0 Å². The fourth-order valence-corrected chi connectivity index (χ4v) is 2.23. The third-order valence-electron chi connectivity index (χ3n) is 3.22. The van der Waals surface area contributed by atoms with Crippen molar-refractivity contribution in [2.45, 2.75) is 12.8 Å². The second-order valence-corrected chi connectivity index (χ2v) is 4.57. The molecular formula is C16H19FeNO+2. The van der Waals surface area contributed by atoms with Gasteiger partial charge in [0.2, 0.25) is 0 Å². The molecule has 1 saturated heterocycles. The molecule has 0 spiro atoms. The number of likely N-dealkylation sites (tertiary alicyclic amines) is 1. The zero-order chi connectivity index (χ0) is 12.6. The summed E-state index contributed by atoms with van der Waals surface area (Å²) in [5.41, 5.74) is 0. The quantitative estimate of drug-likeness (QED) is 0.587. The van der Waals surface area contributed by atoms with E-state index in [1.807, 2.05) is 51.4 Å². The third-order valence-corrected chi connectivity index (χ3v) is 3.22. The maximum Gasteiger partial charge on any atom is 2.00 e. The van der Waals surface area contributed by atoms with Crippen LogP contribution >= 0.6 is 0 Å². The molecule has 2 saturated carbocycles. The molecule has 2 nitrogen and oxygen atoms in total. The van der Waals surface area contributed by atoms with Gasteiger partial charge in [0, 0.05) is 12.5 Å². The molecule has 19 heavy (non-hydrogen) atoms. The molecule has 1 aliphatic heterocycles. The van der Waals surface area contributed by atoms with E-state index in [4.69, 9.17) is 0 Å². The summed E-state index contributed by atoms with van der Waals surface area (Å²) in [6.45, 7) is 3.31. The van der Waals surface area contributed by atoms with Crippen LogP contribution in [0.15, 0.2) is 0 Å². The van der Waals surface area contributed by atoms with Crippen molar-refractivity contribution >= 4 is 6.29 Å². The van der Waals surface area contributed by atoms with E-state index in [2.05, 4.69) is 4.90 Å². The van der Waals surface area contributed by atoms with Crippen LogP contribution in [-0.2, 0) is 21.9 Å². The molecule has 3 fully saturated rings. The Morgan fingerprint density at radius 3 is 2.05 bits per heavy atom. The van der Waals surface area contributed by atoms with Crippen molar-refractivity contribution in [3.63, 3.8) is 0 Å². The van der Waals surface area contributed by atoms with E-state index < -0.39 is 0 Å². The van der Waals surface area contributed by atoms with E-state index in [-0.39, 0.29) is 17.1 Å². The van der Waals surface area contributed by atoms with Gasteiger partial charge in [-0.3, -0.25) is 0 Å². The minimum atomic E-state index is 0. The summed E-state index contributed by atoms with van der Waals surface area (Å²) in [6, 6.07) is 0. The van der Waals surface area contributed by atoms with Gasteiger partial charge in [-0.25, -0.2) is 0 Å². The topological polar surface area (TPSA) is 20.3 Å². The fourth-order valence-electron chi connectivity index (χ4n) is 2.23. The second-order valence-electron chi connectivity index (χ2n) is 4.57. The van der Waals surface area contributed by atoms with Crippen LogP contribution in [0.3, 0.4) is 0 Å². The van der Waals surface area contributed by atoms with Crippen LogP contribution < -0.4 is 0 Å². The molecule has 10 radical (unpaired) electrons. The van der Waals surface area contributed by atoms with Gasteiger partial charge in [0.05, 0.1) is 5.92 Å². The zero-order valence-corrected chi connectivity index (χ0v) is 12.0. The van der Waals surface area contributed by atoms with Gasteiger partial charge in [0.1, 0.15) is 6.29 Å². The molecule has 0 aromatic heterocycles. The number of hydrogen-bond acceptors (Lipinski definition) is 2. The molecule has 0 atom stereocenters. The molecule has 0 bridgehead atoms. The fraction of sp³-hybridized carbons (Fsp3) is 0.312. The van der Waals surface area contributed by atoms with E-state index in [0.717, 1.165) is 18.7 Å². The normalized spacial score (nSPS) is 24.8. The first-order chi connectivity index (χ1) is 8.90. The van der Waals surface area contributed by atoms with Crippen LogP contribution in [0, 0.1) is 63.2 Å². The minimum absolute atomic E-state index is 0. The van der Waals surface area contributed by atoms with Crippen molar-refractivity contribution in [3.05, 3.63) is 63.2 Å². The van der Waals surface area contributed by atoms with Crippen molar-refractivity contribution in [3.8, 4) is 0 Å². The van der Waals surface area contributed by atoms with Gasteiger partial charge in [0.15, 0.2) is 0 Å². The number of carbonyl (C=O) groups is 1. The van der Waals surface area contributed by atoms with Crippen molar-refractivity contribution in [2.24, 2.45) is 0 Å². The molecule has 0 unspecified atom stereocenters. The molecule has 3 heteroatoms. The Morgan fingerprint density at radius 1 is 0.947 bits per heavy atom. The van der Waals surface area contributed by atoms with Gasteiger partial charge < -0.3 is 9.69 Å². The standard InChI is InChI=1S/C11H14NO.C5H5.Fe/c13-9-11-5-3-4-10(11)8-12-6-1-2-7-12;1-2-4-5-3-1;/h3-5,9H,1-2,6-8H2;1-5H;/q;;+2. The van der Waals surface area contributed by atoms with Crippen LogP contribution in [0.25, 0.3) is 0 Å². The summed E-state index contributed by atoms with van der Waals surface area (Å²) < 4.78 is 0. The van der Waals surface area contributed by atoms with E-state index in [0.29, 0.717) is 0 Å². The number of rotatable bonds is 3. The molecule has 3 rings (SSSR count). The minimum Gasteiger partial charge on any atom is -0.303 e. The number of carbonyl (C=O) groups excluding carboxylic acids is 1. The van der Waals surface area contributed by atoms with Gasteiger partial charge in [-0.05, 0) is 77.3 Å². The first kappa shape index (κ1) is 17.2. The Hall–Kier alpha value is 0.149. The Kier molecular flexibility index (Phi) is 9.02. The molecule has 0 amide bonds.